The lowest BCUT2D eigenvalue weighted by Crippen LogP contribution is -2.29. The van der Waals surface area contributed by atoms with Crippen LogP contribution >= 0.6 is 39.0 Å². The number of benzene rings is 2. The monoisotopic (exact) mass is 578 g/mol. The fourth-order valence-electron chi connectivity index (χ4n) is 3.84. The maximum absolute atomic E-state index is 13.3. The molecule has 1 unspecified atom stereocenters. The van der Waals surface area contributed by atoms with Crippen LogP contribution in [0.1, 0.15) is 28.3 Å². The average Bonchev–Trinajstić information content (AvgIpc) is 3.46. The normalized spacial score (nSPS) is 17.1. The molecule has 2 aromatic carbocycles. The molecule has 180 valence electrons. The number of aryl methyl sites for hydroxylation is 1. The van der Waals surface area contributed by atoms with E-state index in [2.05, 4.69) is 55.4 Å². The van der Waals surface area contributed by atoms with Gasteiger partial charge in [0.1, 0.15) is 5.76 Å². The maximum atomic E-state index is 13.3. The summed E-state index contributed by atoms with van der Waals surface area (Å²) in [5.41, 5.74) is 3.40. The Balaban J connectivity index is 1.51. The quantitative estimate of drug-likeness (QED) is 0.0996. The molecule has 0 bridgehead atoms. The van der Waals surface area contributed by atoms with Gasteiger partial charge in [0, 0.05) is 28.2 Å². The summed E-state index contributed by atoms with van der Waals surface area (Å²) >= 11 is 6.12. The molecule has 2 aromatic heterocycles. The lowest BCUT2D eigenvalue weighted by Gasteiger charge is -2.22. The molecule has 1 aliphatic rings. The van der Waals surface area contributed by atoms with Crippen molar-refractivity contribution in [1.82, 2.24) is 15.2 Å². The minimum Gasteiger partial charge on any atom is -0.507 e. The van der Waals surface area contributed by atoms with E-state index in [0.717, 1.165) is 10.0 Å². The Labute approximate surface area is 224 Å². The number of halogens is 1. The topological polar surface area (TPSA) is 96.3 Å². The first-order chi connectivity index (χ1) is 17.4. The SMILES string of the molecule is Cc1ccc(CSc2nnc(N3C(=O)C(=O)/C(=C(\O)c4ccc(Br)cc4)C3c3ccncc3)s2)cc1. The Morgan fingerprint density at radius 2 is 1.72 bits per heavy atom. The number of Topliss-reactive ketones (excluding diaryl/α,β-unsaturated/α-hetero) is 1. The lowest BCUT2D eigenvalue weighted by molar-refractivity contribution is -0.132. The van der Waals surface area contributed by atoms with Gasteiger partial charge >= 0.3 is 5.91 Å². The van der Waals surface area contributed by atoms with Crippen LogP contribution < -0.4 is 4.90 Å². The number of rotatable bonds is 6. The van der Waals surface area contributed by atoms with Gasteiger partial charge in [-0.1, -0.05) is 81.0 Å². The number of hydrogen-bond acceptors (Lipinski definition) is 8. The van der Waals surface area contributed by atoms with E-state index in [-0.39, 0.29) is 11.3 Å². The zero-order chi connectivity index (χ0) is 25.2. The van der Waals surface area contributed by atoms with Crippen LogP contribution in [0.2, 0.25) is 0 Å². The molecule has 5 rings (SSSR count). The van der Waals surface area contributed by atoms with Crippen LogP contribution in [0.3, 0.4) is 0 Å². The number of hydrogen-bond donors (Lipinski definition) is 1. The van der Waals surface area contributed by atoms with Crippen LogP contribution in [-0.2, 0) is 15.3 Å². The molecule has 0 saturated carbocycles. The van der Waals surface area contributed by atoms with Gasteiger partial charge in [-0.3, -0.25) is 19.5 Å². The number of ketones is 1. The van der Waals surface area contributed by atoms with Crippen LogP contribution in [0.15, 0.2) is 87.4 Å². The fraction of sp³-hybridized carbons (Fsp3) is 0.115. The van der Waals surface area contributed by atoms with Crippen molar-refractivity contribution in [3.05, 3.63) is 105 Å². The molecule has 3 heterocycles. The molecule has 36 heavy (non-hydrogen) atoms. The summed E-state index contributed by atoms with van der Waals surface area (Å²) in [5.74, 6) is -1.09. The van der Waals surface area contributed by atoms with Gasteiger partial charge in [0.2, 0.25) is 5.13 Å². The maximum Gasteiger partial charge on any atom is 0.301 e. The highest BCUT2D eigenvalue weighted by Crippen LogP contribution is 2.44. The van der Waals surface area contributed by atoms with E-state index in [1.165, 1.54) is 33.6 Å². The number of carbonyl (C=O) groups excluding carboxylic acids is 2. The van der Waals surface area contributed by atoms with Gasteiger partial charge in [0.25, 0.3) is 5.78 Å². The van der Waals surface area contributed by atoms with Crippen molar-refractivity contribution in [2.45, 2.75) is 23.1 Å². The molecule has 0 aliphatic carbocycles. The summed E-state index contributed by atoms with van der Waals surface area (Å²) in [5, 5.41) is 19.9. The second kappa shape index (κ2) is 10.3. The molecule has 1 N–H and O–H groups in total. The molecule has 0 radical (unpaired) electrons. The molecule has 10 heteroatoms. The van der Waals surface area contributed by atoms with Crippen molar-refractivity contribution in [3.8, 4) is 0 Å². The van der Waals surface area contributed by atoms with Gasteiger partial charge in [0.05, 0.1) is 11.6 Å². The number of aliphatic hydroxyl groups is 1. The van der Waals surface area contributed by atoms with Gasteiger partial charge < -0.3 is 5.11 Å². The zero-order valence-electron chi connectivity index (χ0n) is 19.0. The van der Waals surface area contributed by atoms with E-state index in [9.17, 15) is 14.7 Å². The van der Waals surface area contributed by atoms with E-state index < -0.39 is 17.7 Å². The number of carbonyl (C=O) groups is 2. The first kappa shape index (κ1) is 24.4. The predicted molar refractivity (Wildman–Crippen MR) is 144 cm³/mol. The Kier molecular flexibility index (Phi) is 6.99. The molecular formula is C26H19BrN4O3S2. The van der Waals surface area contributed by atoms with Crippen LogP contribution in [0.5, 0.6) is 0 Å². The van der Waals surface area contributed by atoms with Crippen LogP contribution in [0.25, 0.3) is 5.76 Å². The number of nitrogens with zero attached hydrogens (tertiary/aromatic N) is 4. The summed E-state index contributed by atoms with van der Waals surface area (Å²) < 4.78 is 1.50. The van der Waals surface area contributed by atoms with Gasteiger partial charge in [-0.15, -0.1) is 10.2 Å². The first-order valence-corrected chi connectivity index (χ1v) is 13.5. The largest absolute Gasteiger partial charge is 0.507 e. The molecule has 1 amide bonds. The van der Waals surface area contributed by atoms with Crippen molar-refractivity contribution < 1.29 is 14.7 Å². The van der Waals surface area contributed by atoms with Crippen molar-refractivity contribution in [1.29, 1.82) is 0 Å². The number of amides is 1. The van der Waals surface area contributed by atoms with E-state index in [0.29, 0.717) is 26.4 Å². The van der Waals surface area contributed by atoms with Crippen LogP contribution in [0, 0.1) is 6.92 Å². The zero-order valence-corrected chi connectivity index (χ0v) is 22.2. The van der Waals surface area contributed by atoms with Crippen molar-refractivity contribution >= 4 is 61.6 Å². The molecular weight excluding hydrogens is 560 g/mol. The Morgan fingerprint density at radius 1 is 1.03 bits per heavy atom. The third-order valence-electron chi connectivity index (χ3n) is 5.67. The van der Waals surface area contributed by atoms with Crippen molar-refractivity contribution in [3.63, 3.8) is 0 Å². The molecule has 1 aliphatic heterocycles. The lowest BCUT2D eigenvalue weighted by atomic mass is 9.96. The van der Waals surface area contributed by atoms with Gasteiger partial charge in [0.15, 0.2) is 4.34 Å². The highest BCUT2D eigenvalue weighted by atomic mass is 79.9. The van der Waals surface area contributed by atoms with Crippen LogP contribution in [0.4, 0.5) is 5.13 Å². The van der Waals surface area contributed by atoms with Gasteiger partial charge in [-0.25, -0.2) is 0 Å². The molecule has 4 aromatic rings. The van der Waals surface area contributed by atoms with E-state index in [4.69, 9.17) is 0 Å². The second-order valence-corrected chi connectivity index (χ2v) is 11.2. The van der Waals surface area contributed by atoms with E-state index >= 15 is 0 Å². The van der Waals surface area contributed by atoms with E-state index in [1.807, 2.05) is 6.92 Å². The Morgan fingerprint density at radius 3 is 2.42 bits per heavy atom. The highest BCUT2D eigenvalue weighted by Gasteiger charge is 2.48. The summed E-state index contributed by atoms with van der Waals surface area (Å²) in [7, 11) is 0. The molecule has 1 atom stereocenters. The minimum absolute atomic E-state index is 0.00224. The number of aliphatic hydroxyl groups excluding tert-OH is 1. The smallest absolute Gasteiger partial charge is 0.301 e. The third kappa shape index (κ3) is 4.84. The number of aromatic nitrogens is 3. The minimum atomic E-state index is -0.862. The first-order valence-electron chi connectivity index (χ1n) is 10.9. The summed E-state index contributed by atoms with van der Waals surface area (Å²) in [6.07, 6.45) is 3.16. The average molecular weight is 580 g/mol. The standard InChI is InChI=1S/C26H19BrN4O3S2/c1-15-2-4-16(5-3-15)14-35-26-30-29-25(36-26)31-21(17-10-12-28-13-11-17)20(23(33)24(31)34)22(32)18-6-8-19(27)9-7-18/h2-13,21,32H,14H2,1H3/b22-20-. The molecule has 1 saturated heterocycles. The molecule has 7 nitrogen and oxygen atoms in total. The number of pyridine rings is 1. The predicted octanol–water partition coefficient (Wildman–Crippen LogP) is 5.92. The number of anilines is 1. The van der Waals surface area contributed by atoms with Gasteiger partial charge in [-0.2, -0.15) is 0 Å². The van der Waals surface area contributed by atoms with Crippen LogP contribution in [-0.4, -0.2) is 32.0 Å². The van der Waals surface area contributed by atoms with Crippen molar-refractivity contribution in [2.75, 3.05) is 4.90 Å². The summed E-state index contributed by atoms with van der Waals surface area (Å²) in [6.45, 7) is 2.04. The van der Waals surface area contributed by atoms with Crippen molar-refractivity contribution in [2.24, 2.45) is 0 Å². The molecule has 0 spiro atoms. The van der Waals surface area contributed by atoms with E-state index in [1.54, 1.807) is 48.8 Å². The third-order valence-corrected chi connectivity index (χ3v) is 8.32. The van der Waals surface area contributed by atoms with Gasteiger partial charge in [-0.05, 0) is 42.3 Å². The Hall–Kier alpha value is -3.34. The second-order valence-electron chi connectivity index (χ2n) is 8.08. The fourth-order valence-corrected chi connectivity index (χ4v) is 5.93. The number of thioether (sulfide) groups is 1. The Bertz CT molecular complexity index is 1450. The summed E-state index contributed by atoms with van der Waals surface area (Å²) in [6, 6.07) is 17.7. The molecule has 1 fully saturated rings. The highest BCUT2D eigenvalue weighted by molar-refractivity contribution is 9.10. The summed E-state index contributed by atoms with van der Waals surface area (Å²) in [4.78, 5) is 31.8.